The lowest BCUT2D eigenvalue weighted by atomic mass is 9.95. The van der Waals surface area contributed by atoms with Crippen LogP contribution in [-0.4, -0.2) is 24.3 Å². The number of halogens is 2. The van der Waals surface area contributed by atoms with Gasteiger partial charge in [-0.05, 0) is 69.5 Å². The van der Waals surface area contributed by atoms with E-state index in [-0.39, 0.29) is 12.2 Å². The van der Waals surface area contributed by atoms with Crippen LogP contribution in [0.25, 0.3) is 6.08 Å². The minimum Gasteiger partial charge on any atom is -0.497 e. The number of carbonyl (C=O) groups is 1. The van der Waals surface area contributed by atoms with E-state index in [1.54, 1.807) is 45.2 Å². The van der Waals surface area contributed by atoms with Gasteiger partial charge in [-0.2, -0.15) is 0 Å². The Hall–Kier alpha value is -2.43. The van der Waals surface area contributed by atoms with Crippen molar-refractivity contribution < 1.29 is 18.7 Å². The molecule has 1 aromatic carbocycles. The zero-order valence-corrected chi connectivity index (χ0v) is 21.3. The van der Waals surface area contributed by atoms with E-state index < -0.39 is 12.0 Å². The number of ether oxygens (including phenoxy) is 2. The summed E-state index contributed by atoms with van der Waals surface area (Å²) in [4.78, 5) is 31.4. The van der Waals surface area contributed by atoms with Gasteiger partial charge in [-0.15, -0.1) is 0 Å². The van der Waals surface area contributed by atoms with Crippen LogP contribution in [0.3, 0.4) is 0 Å². The highest BCUT2D eigenvalue weighted by Gasteiger charge is 2.33. The quantitative estimate of drug-likeness (QED) is 0.426. The lowest BCUT2D eigenvalue weighted by Crippen LogP contribution is -2.39. The fourth-order valence-corrected chi connectivity index (χ4v) is 5.12. The van der Waals surface area contributed by atoms with E-state index in [0.717, 1.165) is 10.0 Å². The van der Waals surface area contributed by atoms with Crippen LogP contribution in [0.1, 0.15) is 31.2 Å². The number of allylic oxidation sites excluding steroid dienone is 1. The third kappa shape index (κ3) is 4.14. The van der Waals surface area contributed by atoms with E-state index in [1.165, 1.54) is 15.9 Å². The van der Waals surface area contributed by atoms with Gasteiger partial charge in [-0.25, -0.2) is 9.79 Å². The van der Waals surface area contributed by atoms with Gasteiger partial charge in [0, 0.05) is 6.08 Å². The van der Waals surface area contributed by atoms with Crippen LogP contribution in [0.4, 0.5) is 0 Å². The van der Waals surface area contributed by atoms with Crippen LogP contribution in [0.2, 0.25) is 0 Å². The Morgan fingerprint density at radius 1 is 1.34 bits per heavy atom. The molecule has 3 heterocycles. The monoisotopic (exact) mass is 580 g/mol. The standard InChI is InChI=1S/C22H18Br2N2O5S/c1-4-30-21(28)17-11(2)25-22-26(18(17)12-6-5-7-13(8-12)29-3)20(27)16(32-22)10-14-9-15(23)19(24)31-14/h5-10,18H,4H2,1-3H3/b16-10+/t18-/m1/s1. The molecule has 2 aromatic heterocycles. The number of hydrogen-bond donors (Lipinski definition) is 0. The molecule has 0 bridgehead atoms. The molecule has 7 nitrogen and oxygen atoms in total. The Balaban J connectivity index is 1.97. The Morgan fingerprint density at radius 3 is 2.78 bits per heavy atom. The van der Waals surface area contributed by atoms with Crippen molar-refractivity contribution in [2.75, 3.05) is 13.7 Å². The SMILES string of the molecule is CCOC(=O)C1=C(C)N=c2s/c(=C/c3cc(Br)c(Br)o3)c(=O)n2[C@@H]1c1cccc(OC)c1. The number of esters is 1. The third-order valence-corrected chi connectivity index (χ3v) is 7.56. The number of methoxy groups -OCH3 is 1. The molecule has 3 aromatic rings. The van der Waals surface area contributed by atoms with E-state index in [4.69, 9.17) is 13.9 Å². The number of thiazole rings is 1. The summed E-state index contributed by atoms with van der Waals surface area (Å²) in [5.74, 6) is 0.621. The number of carbonyl (C=O) groups excluding carboxylic acids is 1. The first-order valence-electron chi connectivity index (χ1n) is 9.62. The zero-order valence-electron chi connectivity index (χ0n) is 17.3. The van der Waals surface area contributed by atoms with Gasteiger partial charge < -0.3 is 13.9 Å². The first kappa shape index (κ1) is 22.8. The molecule has 0 saturated heterocycles. The summed E-state index contributed by atoms with van der Waals surface area (Å²) in [7, 11) is 1.57. The van der Waals surface area contributed by atoms with Gasteiger partial charge in [0.1, 0.15) is 11.5 Å². The maximum Gasteiger partial charge on any atom is 0.338 e. The van der Waals surface area contributed by atoms with E-state index in [2.05, 4.69) is 36.9 Å². The largest absolute Gasteiger partial charge is 0.497 e. The van der Waals surface area contributed by atoms with Crippen LogP contribution >= 0.6 is 43.2 Å². The second kappa shape index (κ2) is 9.21. The van der Waals surface area contributed by atoms with Crippen LogP contribution in [0.5, 0.6) is 5.75 Å². The molecule has 4 rings (SSSR count). The van der Waals surface area contributed by atoms with Gasteiger partial charge in [-0.3, -0.25) is 9.36 Å². The molecular formula is C22H18Br2N2O5S. The Bertz CT molecular complexity index is 1400. The smallest absolute Gasteiger partial charge is 0.338 e. The van der Waals surface area contributed by atoms with Gasteiger partial charge in [-0.1, -0.05) is 23.5 Å². The highest BCUT2D eigenvalue weighted by atomic mass is 79.9. The van der Waals surface area contributed by atoms with Crippen LogP contribution < -0.4 is 19.6 Å². The van der Waals surface area contributed by atoms with Crippen molar-refractivity contribution in [1.29, 1.82) is 0 Å². The summed E-state index contributed by atoms with van der Waals surface area (Å²) in [6, 6.07) is 8.35. The first-order chi connectivity index (χ1) is 15.3. The predicted octanol–water partition coefficient (Wildman–Crippen LogP) is 3.92. The Kier molecular flexibility index (Phi) is 6.55. The summed E-state index contributed by atoms with van der Waals surface area (Å²) in [6.07, 6.45) is 1.66. The molecule has 1 atom stereocenters. The number of hydrogen-bond acceptors (Lipinski definition) is 7. The number of rotatable bonds is 5. The zero-order chi connectivity index (χ0) is 23.0. The topological polar surface area (TPSA) is 83.0 Å². The number of aromatic nitrogens is 1. The van der Waals surface area contributed by atoms with E-state index in [0.29, 0.717) is 36.8 Å². The molecule has 0 fully saturated rings. The molecule has 0 N–H and O–H groups in total. The highest BCUT2D eigenvalue weighted by Crippen LogP contribution is 2.32. The van der Waals surface area contributed by atoms with Crippen molar-refractivity contribution in [3.63, 3.8) is 0 Å². The number of fused-ring (bicyclic) bond motifs is 1. The molecule has 1 aliphatic heterocycles. The number of furan rings is 1. The fourth-order valence-electron chi connectivity index (χ4n) is 3.48. The molecule has 0 aliphatic carbocycles. The van der Waals surface area contributed by atoms with Crippen LogP contribution in [-0.2, 0) is 9.53 Å². The van der Waals surface area contributed by atoms with E-state index in [1.807, 2.05) is 12.1 Å². The highest BCUT2D eigenvalue weighted by molar-refractivity contribution is 9.13. The van der Waals surface area contributed by atoms with E-state index in [9.17, 15) is 9.59 Å². The lowest BCUT2D eigenvalue weighted by molar-refractivity contribution is -0.139. The van der Waals surface area contributed by atoms with Crippen molar-refractivity contribution in [2.24, 2.45) is 4.99 Å². The molecule has 0 saturated carbocycles. The molecule has 0 spiro atoms. The summed E-state index contributed by atoms with van der Waals surface area (Å²) < 4.78 is 19.5. The lowest BCUT2D eigenvalue weighted by Gasteiger charge is -2.24. The summed E-state index contributed by atoms with van der Waals surface area (Å²) in [5.41, 5.74) is 1.27. The normalized spacial score (nSPS) is 16.0. The average Bonchev–Trinajstić information content (AvgIpc) is 3.24. The van der Waals surface area contributed by atoms with Crippen molar-refractivity contribution in [2.45, 2.75) is 19.9 Å². The number of benzene rings is 1. The van der Waals surface area contributed by atoms with E-state index >= 15 is 0 Å². The fraction of sp³-hybridized carbons (Fsp3) is 0.227. The van der Waals surface area contributed by atoms with Gasteiger partial charge in [0.25, 0.3) is 5.56 Å². The second-order valence-electron chi connectivity index (χ2n) is 6.85. The first-order valence-corrected chi connectivity index (χ1v) is 12.0. The van der Waals surface area contributed by atoms with Gasteiger partial charge in [0.15, 0.2) is 9.47 Å². The average molecular weight is 582 g/mol. The van der Waals surface area contributed by atoms with Crippen molar-refractivity contribution in [3.8, 4) is 5.75 Å². The summed E-state index contributed by atoms with van der Waals surface area (Å²) >= 11 is 7.91. The minimum absolute atomic E-state index is 0.215. The molecule has 32 heavy (non-hydrogen) atoms. The van der Waals surface area contributed by atoms with Crippen LogP contribution in [0, 0.1) is 0 Å². The van der Waals surface area contributed by atoms with Crippen molar-refractivity contribution >= 4 is 55.2 Å². The van der Waals surface area contributed by atoms with Crippen molar-refractivity contribution in [3.05, 3.63) is 81.8 Å². The molecule has 1 aliphatic rings. The Labute approximate surface area is 203 Å². The van der Waals surface area contributed by atoms with Gasteiger partial charge in [0.05, 0.1) is 40.0 Å². The third-order valence-electron chi connectivity index (χ3n) is 4.86. The van der Waals surface area contributed by atoms with Crippen molar-refractivity contribution in [1.82, 2.24) is 4.57 Å². The molecule has 0 radical (unpaired) electrons. The molecule has 0 amide bonds. The van der Waals surface area contributed by atoms with Gasteiger partial charge >= 0.3 is 5.97 Å². The predicted molar refractivity (Wildman–Crippen MR) is 128 cm³/mol. The minimum atomic E-state index is -0.697. The summed E-state index contributed by atoms with van der Waals surface area (Å²) in [5, 5.41) is 0. The molecular weight excluding hydrogens is 564 g/mol. The summed E-state index contributed by atoms with van der Waals surface area (Å²) in [6.45, 7) is 3.70. The molecule has 10 heteroatoms. The molecule has 0 unspecified atom stereocenters. The maximum atomic E-state index is 13.5. The number of nitrogens with zero attached hydrogens (tertiary/aromatic N) is 2. The Morgan fingerprint density at radius 2 is 2.12 bits per heavy atom. The second-order valence-corrected chi connectivity index (χ2v) is 9.43. The van der Waals surface area contributed by atoms with Gasteiger partial charge in [0.2, 0.25) is 0 Å². The molecule has 166 valence electrons. The maximum absolute atomic E-state index is 13.5. The van der Waals surface area contributed by atoms with Crippen LogP contribution in [0.15, 0.2) is 64.9 Å².